The number of nitrogens with one attached hydrogen (secondary N) is 1. The summed E-state index contributed by atoms with van der Waals surface area (Å²) in [4.78, 5) is 1.34. The predicted molar refractivity (Wildman–Crippen MR) is 63.2 cm³/mol. The average Bonchev–Trinajstić information content (AvgIpc) is 2.51. The van der Waals surface area contributed by atoms with Crippen molar-refractivity contribution in [2.45, 2.75) is 25.9 Å². The Kier molecular flexibility index (Phi) is 4.16. The number of hydrogen-bond acceptors (Lipinski definition) is 2. The molecule has 1 heterocycles. The maximum atomic E-state index is 3.75. The van der Waals surface area contributed by atoms with Crippen molar-refractivity contribution in [3.8, 4) is 0 Å². The van der Waals surface area contributed by atoms with Crippen molar-refractivity contribution in [1.29, 1.82) is 0 Å². The lowest BCUT2D eigenvalue weighted by Gasteiger charge is -2.16. The van der Waals surface area contributed by atoms with Crippen molar-refractivity contribution in [3.63, 3.8) is 0 Å². The van der Waals surface area contributed by atoms with Gasteiger partial charge in [-0.05, 0) is 41.2 Å². The lowest BCUT2D eigenvalue weighted by molar-refractivity contribution is 0.542. The van der Waals surface area contributed by atoms with Crippen molar-refractivity contribution >= 4 is 27.3 Å². The Morgan fingerprint density at radius 1 is 1.62 bits per heavy atom. The zero-order chi connectivity index (χ0) is 9.84. The number of hydrogen-bond donors (Lipinski definition) is 1. The van der Waals surface area contributed by atoms with Crippen molar-refractivity contribution in [2.75, 3.05) is 0 Å². The zero-order valence-corrected chi connectivity index (χ0v) is 10.3. The molecule has 0 radical (unpaired) electrons. The Labute approximate surface area is 92.0 Å². The molecule has 13 heavy (non-hydrogen) atoms. The van der Waals surface area contributed by atoms with Crippen LogP contribution in [0.25, 0.3) is 0 Å². The van der Waals surface area contributed by atoms with Crippen molar-refractivity contribution in [2.24, 2.45) is 0 Å². The Bertz CT molecular complexity index is 282. The van der Waals surface area contributed by atoms with Gasteiger partial charge < -0.3 is 5.32 Å². The first-order valence-electron chi connectivity index (χ1n) is 4.26. The largest absolute Gasteiger partial charge is 0.303 e. The maximum Gasteiger partial charge on any atom is 0.0402 e. The van der Waals surface area contributed by atoms with Crippen LogP contribution in [-0.4, -0.2) is 6.04 Å². The monoisotopic (exact) mass is 259 g/mol. The second-order valence-electron chi connectivity index (χ2n) is 3.05. The molecule has 0 fully saturated rings. The summed E-state index contributed by atoms with van der Waals surface area (Å²) in [6.07, 6.45) is 1.91. The smallest absolute Gasteiger partial charge is 0.0402 e. The summed E-state index contributed by atoms with van der Waals surface area (Å²) in [6.45, 7) is 8.01. The second kappa shape index (κ2) is 4.94. The van der Waals surface area contributed by atoms with E-state index in [4.69, 9.17) is 0 Å². The van der Waals surface area contributed by atoms with Gasteiger partial charge in [0.25, 0.3) is 0 Å². The topological polar surface area (TPSA) is 12.0 Å². The van der Waals surface area contributed by atoms with E-state index in [0.717, 1.165) is 0 Å². The molecule has 0 aromatic carbocycles. The number of thiophene rings is 1. The highest BCUT2D eigenvalue weighted by molar-refractivity contribution is 9.10. The highest BCUT2D eigenvalue weighted by Crippen LogP contribution is 2.28. The summed E-state index contributed by atoms with van der Waals surface area (Å²) < 4.78 is 1.19. The fourth-order valence-electron chi connectivity index (χ4n) is 1.15. The molecule has 1 rings (SSSR count). The quantitative estimate of drug-likeness (QED) is 0.813. The Balaban J connectivity index is 2.63. The minimum atomic E-state index is 0.351. The summed E-state index contributed by atoms with van der Waals surface area (Å²) >= 11 is 5.29. The van der Waals surface area contributed by atoms with Crippen molar-refractivity contribution in [1.82, 2.24) is 5.32 Å². The van der Waals surface area contributed by atoms with E-state index in [1.807, 2.05) is 6.08 Å². The predicted octanol–water partition coefficient (Wildman–Crippen LogP) is 3.74. The summed E-state index contributed by atoms with van der Waals surface area (Å²) in [6, 6.07) is 2.81. The van der Waals surface area contributed by atoms with Crippen LogP contribution in [0, 0.1) is 0 Å². The van der Waals surface area contributed by atoms with Gasteiger partial charge in [0.2, 0.25) is 0 Å². The summed E-state index contributed by atoms with van der Waals surface area (Å²) in [5, 5.41) is 5.53. The molecule has 3 heteroatoms. The molecule has 0 bridgehead atoms. The van der Waals surface area contributed by atoms with Crippen LogP contribution in [0.1, 0.15) is 24.8 Å². The molecule has 1 aromatic rings. The van der Waals surface area contributed by atoms with Gasteiger partial charge >= 0.3 is 0 Å². The first-order valence-corrected chi connectivity index (χ1v) is 5.94. The third kappa shape index (κ3) is 2.93. The van der Waals surface area contributed by atoms with Gasteiger partial charge in [0.05, 0.1) is 0 Å². The van der Waals surface area contributed by atoms with Gasteiger partial charge in [-0.15, -0.1) is 17.9 Å². The lowest BCUT2D eigenvalue weighted by atomic mass is 10.2. The number of rotatable bonds is 4. The molecule has 2 unspecified atom stereocenters. The van der Waals surface area contributed by atoms with E-state index in [9.17, 15) is 0 Å². The van der Waals surface area contributed by atoms with Crippen LogP contribution in [-0.2, 0) is 0 Å². The fourth-order valence-corrected chi connectivity index (χ4v) is 2.89. The van der Waals surface area contributed by atoms with E-state index >= 15 is 0 Å². The Hall–Kier alpha value is -0.120. The van der Waals surface area contributed by atoms with Crippen LogP contribution >= 0.6 is 27.3 Å². The molecule has 0 saturated heterocycles. The molecule has 72 valence electrons. The minimum absolute atomic E-state index is 0.351. The van der Waals surface area contributed by atoms with Crippen LogP contribution in [0.15, 0.2) is 28.6 Å². The van der Waals surface area contributed by atoms with Gasteiger partial charge in [-0.1, -0.05) is 6.08 Å². The molecule has 1 N–H and O–H groups in total. The minimum Gasteiger partial charge on any atom is -0.303 e. The molecule has 0 aliphatic carbocycles. The molecular weight excluding hydrogens is 246 g/mol. The van der Waals surface area contributed by atoms with Crippen molar-refractivity contribution < 1.29 is 0 Å². The van der Waals surface area contributed by atoms with Gasteiger partial charge in [0.1, 0.15) is 0 Å². The highest BCUT2D eigenvalue weighted by atomic mass is 79.9. The third-order valence-corrected chi connectivity index (χ3v) is 3.96. The van der Waals surface area contributed by atoms with Crippen LogP contribution in [0.3, 0.4) is 0 Å². The molecule has 1 nitrogen and oxygen atoms in total. The highest BCUT2D eigenvalue weighted by Gasteiger charge is 2.11. The van der Waals surface area contributed by atoms with Crippen molar-refractivity contribution in [3.05, 3.63) is 33.5 Å². The van der Waals surface area contributed by atoms with Crippen LogP contribution in [0.2, 0.25) is 0 Å². The van der Waals surface area contributed by atoms with E-state index in [-0.39, 0.29) is 0 Å². The van der Waals surface area contributed by atoms with Crippen LogP contribution in [0.4, 0.5) is 0 Å². The average molecular weight is 260 g/mol. The Morgan fingerprint density at radius 3 is 2.77 bits per heavy atom. The normalized spacial score (nSPS) is 15.3. The van der Waals surface area contributed by atoms with Crippen LogP contribution < -0.4 is 5.32 Å². The maximum absolute atomic E-state index is 3.75. The molecule has 0 aliphatic rings. The van der Waals surface area contributed by atoms with Gasteiger partial charge in [0.15, 0.2) is 0 Å². The lowest BCUT2D eigenvalue weighted by Crippen LogP contribution is -2.26. The van der Waals surface area contributed by atoms with E-state index in [2.05, 4.69) is 53.1 Å². The van der Waals surface area contributed by atoms with Gasteiger partial charge in [-0.3, -0.25) is 0 Å². The molecule has 1 aromatic heterocycles. The van der Waals surface area contributed by atoms with E-state index in [1.165, 1.54) is 9.35 Å². The third-order valence-electron chi connectivity index (χ3n) is 1.90. The molecule has 0 amide bonds. The van der Waals surface area contributed by atoms with Gasteiger partial charge in [0, 0.05) is 21.4 Å². The van der Waals surface area contributed by atoms with Crippen LogP contribution in [0.5, 0.6) is 0 Å². The fraction of sp³-hybridized carbons (Fsp3) is 0.400. The molecular formula is C10H14BrNS. The molecule has 0 saturated carbocycles. The van der Waals surface area contributed by atoms with E-state index in [0.29, 0.717) is 12.1 Å². The molecule has 2 atom stereocenters. The van der Waals surface area contributed by atoms with Gasteiger partial charge in [-0.25, -0.2) is 0 Å². The Morgan fingerprint density at radius 2 is 2.31 bits per heavy atom. The second-order valence-corrected chi connectivity index (χ2v) is 4.85. The first-order chi connectivity index (χ1) is 6.15. The SMILES string of the molecule is C=CC(C)NC(C)c1sccc1Br. The molecule has 0 aliphatic heterocycles. The number of halogens is 1. The molecule has 0 spiro atoms. The summed E-state index contributed by atoms with van der Waals surface area (Å²) in [7, 11) is 0. The van der Waals surface area contributed by atoms with Gasteiger partial charge in [-0.2, -0.15) is 0 Å². The zero-order valence-electron chi connectivity index (χ0n) is 7.88. The standard InChI is InChI=1S/C10H14BrNS/c1-4-7(2)12-8(3)10-9(11)5-6-13-10/h4-8,12H,1H2,2-3H3. The summed E-state index contributed by atoms with van der Waals surface area (Å²) in [5.41, 5.74) is 0. The van der Waals surface area contributed by atoms with E-state index in [1.54, 1.807) is 11.3 Å². The van der Waals surface area contributed by atoms with E-state index < -0.39 is 0 Å². The first kappa shape index (κ1) is 11.0. The summed E-state index contributed by atoms with van der Waals surface area (Å²) in [5.74, 6) is 0.